The number of furan rings is 1. The maximum atomic E-state index is 6.33. The molecule has 0 bridgehead atoms. The minimum Gasteiger partial charge on any atom is -0.501 e. The molecule has 5 heteroatoms. The van der Waals surface area contributed by atoms with E-state index in [1.54, 1.807) is 0 Å². The van der Waals surface area contributed by atoms with E-state index in [0.29, 0.717) is 0 Å². The van der Waals surface area contributed by atoms with Crippen molar-refractivity contribution in [3.8, 4) is 22.5 Å². The molecule has 3 heterocycles. The fourth-order valence-electron chi connectivity index (χ4n) is 4.82. The average molecular weight is 719 g/mol. The summed E-state index contributed by atoms with van der Waals surface area (Å²) in [7, 11) is -1.54. The number of para-hydroxylation sites is 1. The van der Waals surface area contributed by atoms with Crippen molar-refractivity contribution in [3.63, 3.8) is 0 Å². The zero-order chi connectivity index (χ0) is 27.6. The second kappa shape index (κ2) is 12.4. The normalized spacial score (nSPS) is 11.2. The summed E-state index contributed by atoms with van der Waals surface area (Å²) in [6.45, 7) is 13.4. The van der Waals surface area contributed by atoms with Crippen molar-refractivity contribution >= 4 is 35.2 Å². The maximum absolute atomic E-state index is 6.33. The summed E-state index contributed by atoms with van der Waals surface area (Å²) in [5.41, 5.74) is 9.52. The topological polar surface area (TPSA) is 38.9 Å². The molecule has 0 fully saturated rings. The first-order chi connectivity index (χ1) is 18.8. The Kier molecular flexibility index (Phi) is 9.20. The molecule has 0 aliphatic heterocycles. The van der Waals surface area contributed by atoms with Crippen molar-refractivity contribution in [2.24, 2.45) is 0 Å². The maximum Gasteiger partial charge on any atom is 0.120 e. The molecule has 0 saturated heterocycles. The molecule has 0 aliphatic rings. The van der Waals surface area contributed by atoms with Crippen LogP contribution in [0.15, 0.2) is 89.6 Å². The van der Waals surface area contributed by atoms with Gasteiger partial charge in [-0.05, 0) is 48.8 Å². The molecule has 205 valence electrons. The fourth-order valence-corrected chi connectivity index (χ4v) is 6.32. The van der Waals surface area contributed by atoms with Gasteiger partial charge >= 0.3 is 0 Å². The molecule has 0 N–H and O–H groups in total. The molecule has 3 aromatic heterocycles. The number of aryl methyl sites for hydroxylation is 3. The van der Waals surface area contributed by atoms with Crippen LogP contribution in [-0.2, 0) is 26.5 Å². The second-order valence-corrected chi connectivity index (χ2v) is 16.0. The van der Waals surface area contributed by atoms with Crippen LogP contribution in [0.1, 0.15) is 23.6 Å². The van der Waals surface area contributed by atoms with Gasteiger partial charge in [0.2, 0.25) is 0 Å². The van der Waals surface area contributed by atoms with Gasteiger partial charge in [-0.2, -0.15) is 0 Å². The van der Waals surface area contributed by atoms with Crippen LogP contribution in [0.2, 0.25) is 19.6 Å². The average Bonchev–Trinajstić information content (AvgIpc) is 3.33. The molecule has 0 atom stereocenters. The number of aromatic nitrogens is 2. The number of fused-ring (bicyclic) bond motifs is 3. The van der Waals surface area contributed by atoms with Crippen LogP contribution in [0, 0.1) is 26.0 Å². The summed E-state index contributed by atoms with van der Waals surface area (Å²) in [5.74, 6) is 0. The van der Waals surface area contributed by atoms with Crippen LogP contribution >= 0.6 is 0 Å². The summed E-state index contributed by atoms with van der Waals surface area (Å²) in [5, 5.41) is 3.83. The number of benzene rings is 3. The Morgan fingerprint density at radius 1 is 0.850 bits per heavy atom. The molecule has 1 radical (unpaired) electrons. The Hall–Kier alpha value is -3.37. The SMILES string of the molecule is CCc1cc(-c2[c-]cc([Si](C)(C)C)c3c2oc2ccccc23)ncc1C.Cc1ccc(-c2[c-]cccc2)nc1.[Ir]. The van der Waals surface area contributed by atoms with Gasteiger partial charge in [0.1, 0.15) is 5.58 Å². The van der Waals surface area contributed by atoms with E-state index in [-0.39, 0.29) is 20.1 Å². The Bertz CT molecular complexity index is 1740. The van der Waals surface area contributed by atoms with E-state index in [0.717, 1.165) is 40.1 Å². The van der Waals surface area contributed by atoms with Crippen LogP contribution < -0.4 is 5.19 Å². The van der Waals surface area contributed by atoms with E-state index < -0.39 is 8.07 Å². The molecular formula is C35H34IrN2OSi-2. The molecule has 0 saturated carbocycles. The van der Waals surface area contributed by atoms with Crippen LogP contribution in [-0.4, -0.2) is 18.0 Å². The molecule has 6 aromatic rings. The Morgan fingerprint density at radius 3 is 2.27 bits per heavy atom. The van der Waals surface area contributed by atoms with E-state index in [9.17, 15) is 0 Å². The standard InChI is InChI=1S/C23H24NOSi.C12H10N.Ir/c1-6-16-13-19(24-14-15(16)2)17-11-12-21(26(3,4)5)22-18-9-7-8-10-20(18)25-23(17)22;1-10-7-8-12(13-9-10)11-5-3-2-4-6-11;/h7-10,12-14H,6H2,1-5H3;2-5,7-9H,1H3;/q2*-1;. The van der Waals surface area contributed by atoms with Gasteiger partial charge in [-0.1, -0.05) is 79.5 Å². The van der Waals surface area contributed by atoms with Crippen molar-refractivity contribution in [2.45, 2.75) is 46.8 Å². The van der Waals surface area contributed by atoms with Gasteiger partial charge in [-0.25, -0.2) is 0 Å². The molecule has 0 unspecified atom stereocenters. The first-order valence-electron chi connectivity index (χ1n) is 13.5. The zero-order valence-corrected chi connectivity index (χ0v) is 27.3. The second-order valence-electron chi connectivity index (χ2n) is 11.0. The van der Waals surface area contributed by atoms with Gasteiger partial charge in [0.25, 0.3) is 0 Å². The molecule has 0 spiro atoms. The summed E-state index contributed by atoms with van der Waals surface area (Å²) < 4.78 is 6.33. The van der Waals surface area contributed by atoms with Crippen molar-refractivity contribution < 1.29 is 24.5 Å². The zero-order valence-electron chi connectivity index (χ0n) is 23.9. The number of nitrogens with zero attached hydrogens (tertiary/aromatic N) is 2. The van der Waals surface area contributed by atoms with Gasteiger partial charge in [-0.3, -0.25) is 0 Å². The van der Waals surface area contributed by atoms with Crippen LogP contribution in [0.5, 0.6) is 0 Å². The monoisotopic (exact) mass is 719 g/mol. The number of pyridine rings is 2. The van der Waals surface area contributed by atoms with Gasteiger partial charge in [0.15, 0.2) is 0 Å². The molecule has 3 aromatic carbocycles. The first kappa shape index (κ1) is 29.6. The number of hydrogen-bond acceptors (Lipinski definition) is 3. The Balaban J connectivity index is 0.000000223. The van der Waals surface area contributed by atoms with Crippen molar-refractivity contribution in [1.29, 1.82) is 0 Å². The van der Waals surface area contributed by atoms with Gasteiger partial charge in [0, 0.05) is 46.0 Å². The van der Waals surface area contributed by atoms with Crippen LogP contribution in [0.25, 0.3) is 44.5 Å². The fraction of sp³-hybridized carbons (Fsp3) is 0.200. The first-order valence-corrected chi connectivity index (χ1v) is 17.0. The Labute approximate surface area is 252 Å². The largest absolute Gasteiger partial charge is 0.501 e. The van der Waals surface area contributed by atoms with E-state index in [1.165, 1.54) is 32.6 Å². The van der Waals surface area contributed by atoms with E-state index in [4.69, 9.17) is 4.42 Å². The van der Waals surface area contributed by atoms with Crippen LogP contribution in [0.3, 0.4) is 0 Å². The molecule has 0 amide bonds. The van der Waals surface area contributed by atoms with Crippen molar-refractivity contribution in [2.75, 3.05) is 0 Å². The smallest absolute Gasteiger partial charge is 0.120 e. The van der Waals surface area contributed by atoms with Gasteiger partial charge in [0.05, 0.1) is 5.58 Å². The number of rotatable bonds is 4. The quantitative estimate of drug-likeness (QED) is 0.135. The van der Waals surface area contributed by atoms with E-state index >= 15 is 0 Å². The molecular weight excluding hydrogens is 685 g/mol. The minimum absolute atomic E-state index is 0. The van der Waals surface area contributed by atoms with Gasteiger partial charge in [-0.15, -0.1) is 53.2 Å². The minimum atomic E-state index is -1.54. The summed E-state index contributed by atoms with van der Waals surface area (Å²) in [4.78, 5) is 9.01. The Morgan fingerprint density at radius 2 is 1.60 bits per heavy atom. The predicted molar refractivity (Wildman–Crippen MR) is 166 cm³/mol. The van der Waals surface area contributed by atoms with Crippen LogP contribution in [0.4, 0.5) is 0 Å². The summed E-state index contributed by atoms with van der Waals surface area (Å²) in [6, 6.07) is 31.3. The van der Waals surface area contributed by atoms with E-state index in [1.807, 2.05) is 61.8 Å². The third-order valence-corrected chi connectivity index (χ3v) is 9.02. The summed E-state index contributed by atoms with van der Waals surface area (Å²) >= 11 is 0. The van der Waals surface area contributed by atoms with Crippen molar-refractivity contribution in [3.05, 3.63) is 114 Å². The third kappa shape index (κ3) is 6.18. The molecule has 40 heavy (non-hydrogen) atoms. The van der Waals surface area contributed by atoms with Gasteiger partial charge < -0.3 is 14.4 Å². The molecule has 6 rings (SSSR count). The molecule has 3 nitrogen and oxygen atoms in total. The summed E-state index contributed by atoms with van der Waals surface area (Å²) in [6.07, 6.45) is 4.83. The van der Waals surface area contributed by atoms with E-state index in [2.05, 4.69) is 85.9 Å². The van der Waals surface area contributed by atoms with Crippen molar-refractivity contribution in [1.82, 2.24) is 9.97 Å². The molecule has 0 aliphatic carbocycles. The predicted octanol–water partition coefficient (Wildman–Crippen LogP) is 8.72. The third-order valence-electron chi connectivity index (χ3n) is 7.01. The number of hydrogen-bond donors (Lipinski definition) is 0.